The van der Waals surface area contributed by atoms with Crippen LogP contribution in [-0.2, 0) is 0 Å². The van der Waals surface area contributed by atoms with Crippen molar-refractivity contribution >= 4 is 23.4 Å². The fourth-order valence-corrected chi connectivity index (χ4v) is 2.50. The van der Waals surface area contributed by atoms with Crippen LogP contribution in [0.1, 0.15) is 15.9 Å². The Morgan fingerprint density at radius 3 is 2.35 bits per heavy atom. The van der Waals surface area contributed by atoms with E-state index in [2.05, 4.69) is 35.9 Å². The lowest BCUT2D eigenvalue weighted by Crippen LogP contribution is -2.30. The van der Waals surface area contributed by atoms with Crippen molar-refractivity contribution in [2.24, 2.45) is 0 Å². The fraction of sp³-hybridized carbons (Fsp3) is 0.200. The Labute approximate surface area is 175 Å². The highest BCUT2D eigenvalue weighted by atomic mass is 19.4. The van der Waals surface area contributed by atoms with Gasteiger partial charge in [0.25, 0.3) is 5.91 Å². The number of amides is 1. The lowest BCUT2D eigenvalue weighted by atomic mass is 10.2. The van der Waals surface area contributed by atoms with Gasteiger partial charge in [-0.15, -0.1) is 23.4 Å². The van der Waals surface area contributed by atoms with E-state index >= 15 is 0 Å². The van der Waals surface area contributed by atoms with Crippen molar-refractivity contribution in [3.63, 3.8) is 0 Å². The predicted octanol–water partition coefficient (Wildman–Crippen LogP) is 3.66. The molecule has 0 spiro atoms. The van der Waals surface area contributed by atoms with E-state index in [1.165, 1.54) is 18.2 Å². The number of halogens is 3. The second kappa shape index (κ2) is 9.74. The van der Waals surface area contributed by atoms with Gasteiger partial charge in [-0.05, 0) is 42.8 Å². The zero-order valence-electron chi connectivity index (χ0n) is 16.4. The molecule has 11 heteroatoms. The molecule has 0 saturated heterocycles. The van der Waals surface area contributed by atoms with E-state index in [4.69, 9.17) is 0 Å². The Hall–Kier alpha value is -3.89. The maximum Gasteiger partial charge on any atom is 0.573 e. The van der Waals surface area contributed by atoms with Gasteiger partial charge >= 0.3 is 6.36 Å². The van der Waals surface area contributed by atoms with Crippen molar-refractivity contribution in [3.8, 4) is 5.75 Å². The molecule has 0 aliphatic carbocycles. The second-order valence-corrected chi connectivity index (χ2v) is 6.38. The van der Waals surface area contributed by atoms with Crippen molar-refractivity contribution in [2.45, 2.75) is 13.3 Å². The summed E-state index contributed by atoms with van der Waals surface area (Å²) in [6.45, 7) is 2.37. The largest absolute Gasteiger partial charge is 0.573 e. The highest BCUT2D eigenvalue weighted by Crippen LogP contribution is 2.26. The van der Waals surface area contributed by atoms with E-state index in [0.29, 0.717) is 17.5 Å². The molecule has 0 fully saturated rings. The van der Waals surface area contributed by atoms with Crippen LogP contribution in [0.5, 0.6) is 5.75 Å². The Morgan fingerprint density at radius 1 is 0.968 bits per heavy atom. The molecule has 162 valence electrons. The van der Waals surface area contributed by atoms with Crippen molar-refractivity contribution < 1.29 is 22.7 Å². The van der Waals surface area contributed by atoms with Crippen LogP contribution in [0.2, 0.25) is 0 Å². The normalized spacial score (nSPS) is 11.0. The zero-order chi connectivity index (χ0) is 22.3. The van der Waals surface area contributed by atoms with Gasteiger partial charge in [0.15, 0.2) is 5.82 Å². The quantitative estimate of drug-likeness (QED) is 0.467. The van der Waals surface area contributed by atoms with E-state index in [0.717, 1.165) is 11.6 Å². The summed E-state index contributed by atoms with van der Waals surface area (Å²) in [6.07, 6.45) is -3.15. The van der Waals surface area contributed by atoms with Gasteiger partial charge in [0.2, 0.25) is 0 Å². The molecule has 0 unspecified atom stereocenters. The number of hydrogen-bond donors (Lipinski definition) is 3. The molecule has 2 aromatic heterocycles. The second-order valence-electron chi connectivity index (χ2n) is 6.38. The summed E-state index contributed by atoms with van der Waals surface area (Å²) in [7, 11) is 0. The molecule has 1 aromatic carbocycles. The first-order valence-electron chi connectivity index (χ1n) is 9.20. The van der Waals surface area contributed by atoms with Gasteiger partial charge in [-0.2, -0.15) is 0 Å². The van der Waals surface area contributed by atoms with Crippen molar-refractivity contribution in [3.05, 3.63) is 65.9 Å². The lowest BCUT2D eigenvalue weighted by molar-refractivity contribution is -0.274. The van der Waals surface area contributed by atoms with Gasteiger partial charge in [-0.25, -0.2) is 4.98 Å². The van der Waals surface area contributed by atoms with Gasteiger partial charge in [-0.1, -0.05) is 18.2 Å². The molecule has 1 amide bonds. The number of rotatable bonds is 8. The first-order chi connectivity index (χ1) is 14.8. The van der Waals surface area contributed by atoms with Gasteiger partial charge in [0.05, 0.1) is 5.56 Å². The summed E-state index contributed by atoms with van der Waals surface area (Å²) in [5, 5.41) is 16.5. The molecule has 0 atom stereocenters. The average Bonchev–Trinajstić information content (AvgIpc) is 2.73. The number of alkyl halides is 3. The summed E-state index contributed by atoms with van der Waals surface area (Å²) in [5.74, 6) is 0.377. The van der Waals surface area contributed by atoms with E-state index in [1.54, 1.807) is 18.3 Å². The summed E-state index contributed by atoms with van der Waals surface area (Å²) in [6, 6.07) is 12.3. The highest BCUT2D eigenvalue weighted by molar-refractivity contribution is 5.96. The SMILES string of the molecule is Cc1ccc(Nc2ccc(NCCNC(=O)c3ccccc3OC(F)(F)F)nn2)nc1. The molecule has 3 N–H and O–H groups in total. The zero-order valence-corrected chi connectivity index (χ0v) is 16.4. The van der Waals surface area contributed by atoms with E-state index in [-0.39, 0.29) is 18.7 Å². The van der Waals surface area contributed by atoms with Crippen LogP contribution in [0.3, 0.4) is 0 Å². The lowest BCUT2D eigenvalue weighted by Gasteiger charge is -2.13. The number of anilines is 3. The maximum absolute atomic E-state index is 12.5. The first kappa shape index (κ1) is 21.8. The van der Waals surface area contributed by atoms with Crippen LogP contribution in [0.15, 0.2) is 54.7 Å². The number of pyridine rings is 1. The average molecular weight is 432 g/mol. The number of carbonyl (C=O) groups is 1. The number of para-hydroxylation sites is 1. The van der Waals surface area contributed by atoms with Crippen LogP contribution < -0.4 is 20.7 Å². The molecular formula is C20H19F3N6O2. The van der Waals surface area contributed by atoms with Crippen LogP contribution in [0.25, 0.3) is 0 Å². The molecule has 0 aliphatic heterocycles. The van der Waals surface area contributed by atoms with E-state index < -0.39 is 18.0 Å². The Bertz CT molecular complexity index is 1010. The standard InChI is InChI=1S/C20H19F3N6O2/c1-13-6-7-16(26-12-13)27-18-9-8-17(28-29-18)24-10-11-25-19(30)14-4-2-3-5-15(14)31-20(21,22)23/h2-9,12H,10-11H2,1H3,(H,24,28)(H,25,30)(H,26,27,29). The van der Waals surface area contributed by atoms with Gasteiger partial charge < -0.3 is 20.7 Å². The molecule has 3 rings (SSSR count). The monoisotopic (exact) mass is 432 g/mol. The van der Waals surface area contributed by atoms with E-state index in [1.807, 2.05) is 19.1 Å². The van der Waals surface area contributed by atoms with Crippen molar-refractivity contribution in [2.75, 3.05) is 23.7 Å². The Kier molecular flexibility index (Phi) is 6.85. The van der Waals surface area contributed by atoms with Crippen LogP contribution in [0, 0.1) is 6.92 Å². The minimum absolute atomic E-state index is 0.147. The molecule has 0 aliphatic rings. The minimum Gasteiger partial charge on any atom is -0.405 e. The molecular weight excluding hydrogens is 413 g/mol. The fourth-order valence-electron chi connectivity index (χ4n) is 2.50. The van der Waals surface area contributed by atoms with Gasteiger partial charge in [0, 0.05) is 19.3 Å². The number of ether oxygens (including phenoxy) is 1. The molecule has 0 bridgehead atoms. The number of hydrogen-bond acceptors (Lipinski definition) is 7. The summed E-state index contributed by atoms with van der Waals surface area (Å²) >= 11 is 0. The molecule has 2 heterocycles. The molecule has 31 heavy (non-hydrogen) atoms. The van der Waals surface area contributed by atoms with Crippen LogP contribution >= 0.6 is 0 Å². The molecule has 0 radical (unpaired) electrons. The summed E-state index contributed by atoms with van der Waals surface area (Å²) < 4.78 is 41.3. The Balaban J connectivity index is 1.46. The third kappa shape index (κ3) is 6.84. The molecule has 8 nitrogen and oxygen atoms in total. The Morgan fingerprint density at radius 2 is 1.68 bits per heavy atom. The van der Waals surface area contributed by atoms with Crippen LogP contribution in [0.4, 0.5) is 30.6 Å². The third-order valence-electron chi connectivity index (χ3n) is 3.91. The minimum atomic E-state index is -4.88. The maximum atomic E-state index is 12.5. The number of benzene rings is 1. The topological polar surface area (TPSA) is 101 Å². The summed E-state index contributed by atoms with van der Waals surface area (Å²) in [4.78, 5) is 16.4. The smallest absolute Gasteiger partial charge is 0.405 e. The molecule has 0 saturated carbocycles. The molecule has 3 aromatic rings. The van der Waals surface area contributed by atoms with Gasteiger partial charge in [-0.3, -0.25) is 4.79 Å². The summed E-state index contributed by atoms with van der Waals surface area (Å²) in [5.41, 5.74) is 0.833. The van der Waals surface area contributed by atoms with Crippen LogP contribution in [-0.4, -0.2) is 40.5 Å². The number of carbonyl (C=O) groups excluding carboxylic acids is 1. The number of nitrogens with zero attached hydrogens (tertiary/aromatic N) is 3. The number of aryl methyl sites for hydroxylation is 1. The first-order valence-corrected chi connectivity index (χ1v) is 9.20. The predicted molar refractivity (Wildman–Crippen MR) is 108 cm³/mol. The van der Waals surface area contributed by atoms with Crippen molar-refractivity contribution in [1.29, 1.82) is 0 Å². The third-order valence-corrected chi connectivity index (χ3v) is 3.91. The van der Waals surface area contributed by atoms with Crippen molar-refractivity contribution in [1.82, 2.24) is 20.5 Å². The number of nitrogens with one attached hydrogen (secondary N) is 3. The highest BCUT2D eigenvalue weighted by Gasteiger charge is 2.32. The van der Waals surface area contributed by atoms with Gasteiger partial charge in [0.1, 0.15) is 17.4 Å². The number of aromatic nitrogens is 3. The van der Waals surface area contributed by atoms with E-state index in [9.17, 15) is 18.0 Å².